The summed E-state index contributed by atoms with van der Waals surface area (Å²) in [5.41, 5.74) is 0.536. The smallest absolute Gasteiger partial charge is 0.245 e. The summed E-state index contributed by atoms with van der Waals surface area (Å²) < 4.78 is 40.4. The van der Waals surface area contributed by atoms with Gasteiger partial charge in [-0.3, -0.25) is 0 Å². The summed E-state index contributed by atoms with van der Waals surface area (Å²) >= 11 is 0. The molecule has 4 nitrogen and oxygen atoms in total. The summed E-state index contributed by atoms with van der Waals surface area (Å²) in [6.07, 6.45) is 2.60. The maximum absolute atomic E-state index is 14.0. The Balaban J connectivity index is 2.23. The van der Waals surface area contributed by atoms with E-state index in [1.807, 2.05) is 0 Å². The molecule has 1 aromatic rings. The molecule has 21 heavy (non-hydrogen) atoms. The van der Waals surface area contributed by atoms with Crippen LogP contribution in [0.2, 0.25) is 0 Å². The highest BCUT2D eigenvalue weighted by Gasteiger charge is 2.35. The van der Waals surface area contributed by atoms with Gasteiger partial charge in [-0.25, -0.2) is 12.8 Å². The topological polar surface area (TPSA) is 57.6 Å². The van der Waals surface area contributed by atoms with E-state index in [0.717, 1.165) is 25.3 Å². The third-order valence-electron chi connectivity index (χ3n) is 4.58. The molecule has 0 spiro atoms. The van der Waals surface area contributed by atoms with Crippen LogP contribution in [-0.2, 0) is 16.6 Å². The van der Waals surface area contributed by atoms with Crippen LogP contribution in [0.4, 0.5) is 4.39 Å². The van der Waals surface area contributed by atoms with Crippen LogP contribution >= 0.6 is 0 Å². The average Bonchev–Trinajstić information content (AvgIpc) is 2.47. The Morgan fingerprint density at radius 3 is 2.43 bits per heavy atom. The number of aliphatic hydroxyl groups excluding tert-OH is 1. The third kappa shape index (κ3) is 3.27. The average molecular weight is 315 g/mol. The van der Waals surface area contributed by atoms with E-state index in [0.29, 0.717) is 18.7 Å². The highest BCUT2D eigenvalue weighted by Crippen LogP contribution is 2.36. The molecule has 1 aromatic carbocycles. The second kappa shape index (κ2) is 6.02. The van der Waals surface area contributed by atoms with Crippen LogP contribution in [-0.4, -0.2) is 30.9 Å². The fourth-order valence-electron chi connectivity index (χ4n) is 2.61. The summed E-state index contributed by atoms with van der Waals surface area (Å²) in [5.74, 6) is -0.801. The molecule has 0 bridgehead atoms. The highest BCUT2D eigenvalue weighted by molar-refractivity contribution is 7.89. The van der Waals surface area contributed by atoms with Crippen molar-refractivity contribution < 1.29 is 17.9 Å². The minimum atomic E-state index is -3.80. The van der Waals surface area contributed by atoms with E-state index in [-0.39, 0.29) is 16.9 Å². The van der Waals surface area contributed by atoms with Gasteiger partial charge in [-0.1, -0.05) is 26.3 Å². The predicted octanol–water partition coefficient (Wildman–Crippen LogP) is 2.52. The predicted molar refractivity (Wildman–Crippen MR) is 78.7 cm³/mol. The summed E-state index contributed by atoms with van der Waals surface area (Å²) in [7, 11) is -3.80. The summed E-state index contributed by atoms with van der Waals surface area (Å²) in [5, 5.41) is 8.96. The van der Waals surface area contributed by atoms with Crippen molar-refractivity contribution in [3.63, 3.8) is 0 Å². The van der Waals surface area contributed by atoms with Crippen LogP contribution in [0, 0.1) is 11.2 Å². The molecular weight excluding hydrogens is 293 g/mol. The molecule has 0 aliphatic carbocycles. The highest BCUT2D eigenvalue weighted by atomic mass is 32.2. The van der Waals surface area contributed by atoms with Gasteiger partial charge in [0.25, 0.3) is 0 Å². The van der Waals surface area contributed by atoms with Gasteiger partial charge in [0.15, 0.2) is 0 Å². The zero-order valence-electron chi connectivity index (χ0n) is 12.5. The zero-order chi connectivity index (χ0) is 15.7. The van der Waals surface area contributed by atoms with Crippen LogP contribution in [0.1, 0.15) is 38.7 Å². The number of hydrogen-bond donors (Lipinski definition) is 1. The van der Waals surface area contributed by atoms with Crippen molar-refractivity contribution in [1.29, 1.82) is 0 Å². The Bertz CT molecular complexity index is 607. The Hall–Kier alpha value is -0.980. The first-order chi connectivity index (χ1) is 9.82. The number of aliphatic hydroxyl groups is 1. The lowest BCUT2D eigenvalue weighted by atomic mass is 9.79. The lowest BCUT2D eigenvalue weighted by molar-refractivity contribution is 0.168. The molecule has 0 amide bonds. The van der Waals surface area contributed by atoms with Crippen LogP contribution in [0.3, 0.4) is 0 Å². The van der Waals surface area contributed by atoms with Crippen molar-refractivity contribution in [2.75, 3.05) is 13.1 Å². The number of rotatable bonds is 4. The van der Waals surface area contributed by atoms with Crippen LogP contribution < -0.4 is 0 Å². The fourth-order valence-corrected chi connectivity index (χ4v) is 4.10. The number of nitrogens with zero attached hydrogens (tertiary/aromatic N) is 1. The first-order valence-electron chi connectivity index (χ1n) is 7.22. The standard InChI is InChI=1S/C15H22FNO3S/c1-3-15(2)6-8-17(9-7-15)21(19,20)14-5-4-12(11-18)10-13(14)16/h4-5,10,18H,3,6-9,11H2,1-2H3. The molecule has 118 valence electrons. The second-order valence-corrected chi connectivity index (χ2v) is 7.90. The number of hydrogen-bond acceptors (Lipinski definition) is 3. The van der Waals surface area contributed by atoms with E-state index >= 15 is 0 Å². The second-order valence-electron chi connectivity index (χ2n) is 5.99. The number of benzene rings is 1. The molecule has 0 atom stereocenters. The first-order valence-corrected chi connectivity index (χ1v) is 8.66. The molecule has 2 rings (SSSR count). The fraction of sp³-hybridized carbons (Fsp3) is 0.600. The van der Waals surface area contributed by atoms with E-state index in [1.54, 1.807) is 0 Å². The monoisotopic (exact) mass is 315 g/mol. The van der Waals surface area contributed by atoms with Crippen molar-refractivity contribution in [2.45, 2.75) is 44.6 Å². The first kappa shape index (κ1) is 16.4. The van der Waals surface area contributed by atoms with Crippen LogP contribution in [0.25, 0.3) is 0 Å². The number of piperidine rings is 1. The van der Waals surface area contributed by atoms with Gasteiger partial charge in [-0.05, 0) is 36.0 Å². The summed E-state index contributed by atoms with van der Waals surface area (Å²) in [6.45, 7) is 4.81. The van der Waals surface area contributed by atoms with E-state index in [1.165, 1.54) is 16.4 Å². The maximum atomic E-state index is 14.0. The largest absolute Gasteiger partial charge is 0.392 e. The minimum Gasteiger partial charge on any atom is -0.392 e. The molecule has 1 fully saturated rings. The van der Waals surface area contributed by atoms with Crippen molar-refractivity contribution in [2.24, 2.45) is 5.41 Å². The van der Waals surface area contributed by atoms with Gasteiger partial charge in [0, 0.05) is 13.1 Å². The van der Waals surface area contributed by atoms with Gasteiger partial charge >= 0.3 is 0 Å². The van der Waals surface area contributed by atoms with Crippen molar-refractivity contribution in [3.05, 3.63) is 29.6 Å². The molecule has 0 radical (unpaired) electrons. The Morgan fingerprint density at radius 1 is 1.33 bits per heavy atom. The Kier molecular flexibility index (Phi) is 4.70. The molecule has 1 N–H and O–H groups in total. The third-order valence-corrected chi connectivity index (χ3v) is 6.51. The SMILES string of the molecule is CCC1(C)CCN(S(=O)(=O)c2ccc(CO)cc2F)CC1. The summed E-state index contributed by atoms with van der Waals surface area (Å²) in [6, 6.07) is 3.76. The van der Waals surface area contributed by atoms with Gasteiger partial charge in [0.05, 0.1) is 6.61 Å². The quantitative estimate of drug-likeness (QED) is 0.929. The lowest BCUT2D eigenvalue weighted by Gasteiger charge is -2.38. The lowest BCUT2D eigenvalue weighted by Crippen LogP contribution is -2.42. The number of sulfonamides is 1. The van der Waals surface area contributed by atoms with E-state index < -0.39 is 15.8 Å². The molecular formula is C15H22FNO3S. The van der Waals surface area contributed by atoms with Gasteiger partial charge in [0.1, 0.15) is 10.7 Å². The molecule has 1 aliphatic heterocycles. The normalized spacial score (nSPS) is 19.6. The Morgan fingerprint density at radius 2 is 1.95 bits per heavy atom. The molecule has 6 heteroatoms. The molecule has 1 aliphatic rings. The molecule has 1 heterocycles. The van der Waals surface area contributed by atoms with E-state index in [2.05, 4.69) is 13.8 Å². The van der Waals surface area contributed by atoms with Gasteiger partial charge in [-0.2, -0.15) is 4.31 Å². The zero-order valence-corrected chi connectivity index (χ0v) is 13.3. The van der Waals surface area contributed by atoms with Crippen LogP contribution in [0.5, 0.6) is 0 Å². The van der Waals surface area contributed by atoms with Gasteiger partial charge in [-0.15, -0.1) is 0 Å². The molecule has 0 saturated carbocycles. The van der Waals surface area contributed by atoms with Crippen LogP contribution in [0.15, 0.2) is 23.1 Å². The van der Waals surface area contributed by atoms with Gasteiger partial charge in [0.2, 0.25) is 10.0 Å². The summed E-state index contributed by atoms with van der Waals surface area (Å²) in [4.78, 5) is -0.306. The number of halogens is 1. The minimum absolute atomic E-state index is 0.172. The van der Waals surface area contributed by atoms with E-state index in [9.17, 15) is 12.8 Å². The van der Waals surface area contributed by atoms with Crippen molar-refractivity contribution in [1.82, 2.24) is 4.31 Å². The molecule has 0 aromatic heterocycles. The van der Waals surface area contributed by atoms with Crippen molar-refractivity contribution in [3.8, 4) is 0 Å². The molecule has 0 unspecified atom stereocenters. The van der Waals surface area contributed by atoms with E-state index in [4.69, 9.17) is 5.11 Å². The maximum Gasteiger partial charge on any atom is 0.245 e. The van der Waals surface area contributed by atoms with Gasteiger partial charge < -0.3 is 5.11 Å². The Labute approximate surface area is 125 Å². The van der Waals surface area contributed by atoms with Crippen molar-refractivity contribution >= 4 is 10.0 Å². The molecule has 1 saturated heterocycles.